The fourth-order valence-electron chi connectivity index (χ4n) is 3.65. The van der Waals surface area contributed by atoms with E-state index in [-0.39, 0.29) is 17.6 Å². The van der Waals surface area contributed by atoms with Crippen molar-refractivity contribution >= 4 is 5.78 Å². The number of nitriles is 1. The maximum atomic E-state index is 12.5. The average Bonchev–Trinajstić information content (AvgIpc) is 2.98. The number of Topliss-reactive ketones (excluding diaryl/α,β-unsaturated/α-hetero) is 1. The molecule has 2 aliphatic carbocycles. The van der Waals surface area contributed by atoms with Gasteiger partial charge >= 0.3 is 0 Å². The van der Waals surface area contributed by atoms with Crippen molar-refractivity contribution in [2.75, 3.05) is 0 Å². The number of carbonyl (C=O) groups is 1. The summed E-state index contributed by atoms with van der Waals surface area (Å²) in [6.07, 6.45) is 3.36. The van der Waals surface area contributed by atoms with E-state index in [1.807, 2.05) is 30.3 Å². The van der Waals surface area contributed by atoms with Gasteiger partial charge in [0.1, 0.15) is 0 Å². The molecule has 1 aromatic carbocycles. The quantitative estimate of drug-likeness (QED) is 0.726. The van der Waals surface area contributed by atoms with Crippen molar-refractivity contribution < 1.29 is 4.79 Å². The van der Waals surface area contributed by atoms with Gasteiger partial charge in [-0.3, -0.25) is 4.79 Å². The van der Waals surface area contributed by atoms with Crippen LogP contribution in [0.1, 0.15) is 29.6 Å². The van der Waals surface area contributed by atoms with E-state index < -0.39 is 0 Å². The minimum atomic E-state index is -0.0406. The lowest BCUT2D eigenvalue weighted by Crippen LogP contribution is -2.28. The molecule has 3 rings (SSSR count). The van der Waals surface area contributed by atoms with E-state index in [2.05, 4.69) is 6.07 Å². The van der Waals surface area contributed by atoms with Gasteiger partial charge in [0.2, 0.25) is 0 Å². The zero-order valence-electron chi connectivity index (χ0n) is 9.67. The zero-order valence-corrected chi connectivity index (χ0v) is 9.67. The van der Waals surface area contributed by atoms with Crippen molar-refractivity contribution in [3.05, 3.63) is 35.9 Å². The standard InChI is InChI=1S/C15H15NO/c16-9-13-11-6-7-12(8-11)14(13)15(17)10-4-2-1-3-5-10/h1-5,11-14H,6-8H2/t11-,12+,13-,14-/m0/s1. The smallest absolute Gasteiger partial charge is 0.167 e. The molecular weight excluding hydrogens is 210 g/mol. The van der Waals surface area contributed by atoms with Crippen LogP contribution in [-0.2, 0) is 0 Å². The second-order valence-corrected chi connectivity index (χ2v) is 5.24. The number of hydrogen-bond acceptors (Lipinski definition) is 2. The van der Waals surface area contributed by atoms with Gasteiger partial charge in [0.05, 0.1) is 12.0 Å². The van der Waals surface area contributed by atoms with E-state index in [4.69, 9.17) is 0 Å². The Hall–Kier alpha value is -1.62. The number of carbonyl (C=O) groups excluding carboxylic acids is 1. The fourth-order valence-corrected chi connectivity index (χ4v) is 3.65. The number of nitrogens with zero attached hydrogens (tertiary/aromatic N) is 1. The van der Waals surface area contributed by atoms with Crippen molar-refractivity contribution in [3.63, 3.8) is 0 Å². The molecule has 1 aromatic rings. The SMILES string of the molecule is N#C[C@H]1[C@H]2CC[C@H](C2)[C@@H]1C(=O)c1ccccc1. The first kappa shape index (κ1) is 10.5. The molecule has 86 valence electrons. The van der Waals surface area contributed by atoms with Crippen molar-refractivity contribution in [3.8, 4) is 6.07 Å². The van der Waals surface area contributed by atoms with Crippen molar-refractivity contribution in [2.24, 2.45) is 23.7 Å². The van der Waals surface area contributed by atoms with E-state index >= 15 is 0 Å². The highest BCUT2D eigenvalue weighted by molar-refractivity contribution is 5.98. The molecule has 2 saturated carbocycles. The number of ketones is 1. The van der Waals surface area contributed by atoms with Gasteiger partial charge in [0.25, 0.3) is 0 Å². The molecule has 0 saturated heterocycles. The van der Waals surface area contributed by atoms with E-state index in [0.717, 1.165) is 24.8 Å². The predicted molar refractivity (Wildman–Crippen MR) is 64.2 cm³/mol. The first-order chi connectivity index (χ1) is 8.31. The summed E-state index contributed by atoms with van der Waals surface area (Å²) < 4.78 is 0. The van der Waals surface area contributed by atoms with Crippen LogP contribution < -0.4 is 0 Å². The first-order valence-electron chi connectivity index (χ1n) is 6.30. The van der Waals surface area contributed by atoms with Crippen LogP contribution in [0.4, 0.5) is 0 Å². The number of rotatable bonds is 2. The van der Waals surface area contributed by atoms with Gasteiger partial charge < -0.3 is 0 Å². The molecule has 0 N–H and O–H groups in total. The third-order valence-corrected chi connectivity index (χ3v) is 4.43. The van der Waals surface area contributed by atoms with Gasteiger partial charge in [0, 0.05) is 11.5 Å². The summed E-state index contributed by atoms with van der Waals surface area (Å²) in [5, 5.41) is 9.25. The van der Waals surface area contributed by atoms with Crippen LogP contribution in [-0.4, -0.2) is 5.78 Å². The molecule has 0 amide bonds. The maximum absolute atomic E-state index is 12.5. The van der Waals surface area contributed by atoms with Gasteiger partial charge in [-0.15, -0.1) is 0 Å². The summed E-state index contributed by atoms with van der Waals surface area (Å²) in [5.74, 6) is 1.03. The number of benzene rings is 1. The lowest BCUT2D eigenvalue weighted by molar-refractivity contribution is 0.0842. The molecule has 0 spiro atoms. The second-order valence-electron chi connectivity index (χ2n) is 5.24. The summed E-state index contributed by atoms with van der Waals surface area (Å²) in [4.78, 5) is 12.5. The Morgan fingerprint density at radius 3 is 2.59 bits per heavy atom. The third kappa shape index (κ3) is 1.58. The predicted octanol–water partition coefficient (Wildman–Crippen LogP) is 3.06. The summed E-state index contributed by atoms with van der Waals surface area (Å²) in [6.45, 7) is 0. The minimum Gasteiger partial charge on any atom is -0.294 e. The monoisotopic (exact) mass is 225 g/mol. The topological polar surface area (TPSA) is 40.9 Å². The van der Waals surface area contributed by atoms with Crippen LogP contribution in [0.3, 0.4) is 0 Å². The number of fused-ring (bicyclic) bond motifs is 2. The average molecular weight is 225 g/mol. The highest BCUT2D eigenvalue weighted by Crippen LogP contribution is 2.52. The Balaban J connectivity index is 1.90. The zero-order chi connectivity index (χ0) is 11.8. The van der Waals surface area contributed by atoms with Gasteiger partial charge in [-0.2, -0.15) is 5.26 Å². The molecule has 2 aliphatic rings. The summed E-state index contributed by atoms with van der Waals surface area (Å²) in [6, 6.07) is 11.8. The van der Waals surface area contributed by atoms with Crippen LogP contribution in [0.2, 0.25) is 0 Å². The molecule has 0 heterocycles. The molecule has 0 aliphatic heterocycles. The molecule has 2 heteroatoms. The molecular formula is C15H15NO. The molecule has 2 nitrogen and oxygen atoms in total. The van der Waals surface area contributed by atoms with Crippen LogP contribution >= 0.6 is 0 Å². The van der Waals surface area contributed by atoms with E-state index in [1.165, 1.54) is 0 Å². The maximum Gasteiger partial charge on any atom is 0.167 e. The lowest BCUT2D eigenvalue weighted by atomic mass is 9.76. The Kier molecular flexibility index (Phi) is 2.48. The van der Waals surface area contributed by atoms with E-state index in [1.54, 1.807) is 0 Å². The van der Waals surface area contributed by atoms with Crippen molar-refractivity contribution in [2.45, 2.75) is 19.3 Å². The Morgan fingerprint density at radius 1 is 1.18 bits per heavy atom. The highest BCUT2D eigenvalue weighted by atomic mass is 16.1. The Bertz CT molecular complexity index is 473. The largest absolute Gasteiger partial charge is 0.294 e. The third-order valence-electron chi connectivity index (χ3n) is 4.43. The summed E-state index contributed by atoms with van der Waals surface area (Å²) in [7, 11) is 0. The van der Waals surface area contributed by atoms with Gasteiger partial charge in [-0.1, -0.05) is 30.3 Å². The Morgan fingerprint density at radius 2 is 1.88 bits per heavy atom. The Labute approximate surface area is 101 Å². The van der Waals surface area contributed by atoms with Crippen LogP contribution in [0.5, 0.6) is 0 Å². The van der Waals surface area contributed by atoms with Gasteiger partial charge in [-0.05, 0) is 31.1 Å². The van der Waals surface area contributed by atoms with Crippen LogP contribution in [0.25, 0.3) is 0 Å². The fraction of sp³-hybridized carbons (Fsp3) is 0.467. The van der Waals surface area contributed by atoms with E-state index in [0.29, 0.717) is 11.8 Å². The highest BCUT2D eigenvalue weighted by Gasteiger charge is 2.50. The van der Waals surface area contributed by atoms with Gasteiger partial charge in [-0.25, -0.2) is 0 Å². The normalized spacial score (nSPS) is 34.5. The van der Waals surface area contributed by atoms with E-state index in [9.17, 15) is 10.1 Å². The first-order valence-corrected chi connectivity index (χ1v) is 6.30. The number of hydrogen-bond donors (Lipinski definition) is 0. The van der Waals surface area contributed by atoms with Crippen molar-refractivity contribution in [1.82, 2.24) is 0 Å². The van der Waals surface area contributed by atoms with Crippen molar-refractivity contribution in [1.29, 1.82) is 5.26 Å². The van der Waals surface area contributed by atoms with Crippen LogP contribution in [0.15, 0.2) is 30.3 Å². The second kappa shape index (κ2) is 4.00. The molecule has 0 aromatic heterocycles. The summed E-state index contributed by atoms with van der Waals surface area (Å²) in [5.41, 5.74) is 0.769. The minimum absolute atomic E-state index is 0.0403. The van der Waals surface area contributed by atoms with Crippen LogP contribution in [0, 0.1) is 35.0 Å². The molecule has 4 atom stereocenters. The molecule has 17 heavy (non-hydrogen) atoms. The van der Waals surface area contributed by atoms with Gasteiger partial charge in [0.15, 0.2) is 5.78 Å². The molecule has 2 fully saturated rings. The molecule has 2 bridgehead atoms. The summed E-state index contributed by atoms with van der Waals surface area (Å²) >= 11 is 0. The lowest BCUT2D eigenvalue weighted by Gasteiger charge is -2.25. The molecule has 0 unspecified atom stereocenters. The molecule has 0 radical (unpaired) electrons.